The van der Waals surface area contributed by atoms with Crippen LogP contribution in [-0.2, 0) is 0 Å². The SMILES string of the molecule is C=C(C)C1CCC(C)C2C3CCCCC(C)CCCC3CCC12C. The van der Waals surface area contributed by atoms with Crippen molar-refractivity contribution in [2.45, 2.75) is 98.3 Å². The van der Waals surface area contributed by atoms with Crippen LogP contribution in [0.2, 0.25) is 0 Å². The molecule has 3 saturated carbocycles. The summed E-state index contributed by atoms with van der Waals surface area (Å²) < 4.78 is 0. The summed E-state index contributed by atoms with van der Waals surface area (Å²) in [4.78, 5) is 0. The highest BCUT2D eigenvalue weighted by atomic mass is 14.6. The van der Waals surface area contributed by atoms with E-state index in [1.807, 2.05) is 0 Å². The molecule has 3 rings (SSSR count). The molecule has 0 radical (unpaired) electrons. The molecule has 0 spiro atoms. The molecule has 24 heavy (non-hydrogen) atoms. The van der Waals surface area contributed by atoms with Crippen LogP contribution in [0.3, 0.4) is 0 Å². The number of allylic oxidation sites excluding steroid dienone is 1. The van der Waals surface area contributed by atoms with Crippen molar-refractivity contribution in [1.29, 1.82) is 0 Å². The zero-order valence-electron chi connectivity index (χ0n) is 16.9. The van der Waals surface area contributed by atoms with Crippen LogP contribution in [0.5, 0.6) is 0 Å². The Balaban J connectivity index is 1.83. The van der Waals surface area contributed by atoms with Crippen LogP contribution in [0.1, 0.15) is 98.3 Å². The normalized spacial score (nSPS) is 47.3. The summed E-state index contributed by atoms with van der Waals surface area (Å²) in [6.07, 6.45) is 16.3. The first-order valence-corrected chi connectivity index (χ1v) is 11.1. The third kappa shape index (κ3) is 3.49. The average Bonchev–Trinajstić information content (AvgIpc) is 2.52. The number of hydrogen-bond donors (Lipinski definition) is 0. The summed E-state index contributed by atoms with van der Waals surface area (Å²) in [5, 5.41) is 0. The summed E-state index contributed by atoms with van der Waals surface area (Å²) in [6.45, 7) is 14.4. The monoisotopic (exact) mass is 330 g/mol. The molecule has 3 aliphatic carbocycles. The number of hydrogen-bond acceptors (Lipinski definition) is 0. The standard InChI is InChI=1S/C24H42/c1-17(2)22-14-13-19(4)23-21-12-7-6-9-18(3)10-8-11-20(21)15-16-24(22,23)5/h18-23H,1,6-16H2,2-5H3. The third-order valence-electron chi connectivity index (χ3n) is 8.55. The summed E-state index contributed by atoms with van der Waals surface area (Å²) in [5.74, 6) is 5.68. The Bertz CT molecular complexity index is 435. The smallest absolute Gasteiger partial charge is 0.0152 e. The van der Waals surface area contributed by atoms with Crippen LogP contribution in [-0.4, -0.2) is 0 Å². The van der Waals surface area contributed by atoms with Crippen LogP contribution in [0.4, 0.5) is 0 Å². The molecule has 0 aromatic carbocycles. The largest absolute Gasteiger partial charge is 0.0998 e. The summed E-state index contributed by atoms with van der Waals surface area (Å²) in [5.41, 5.74) is 2.02. The van der Waals surface area contributed by atoms with Crippen molar-refractivity contribution >= 4 is 0 Å². The molecule has 7 atom stereocenters. The Morgan fingerprint density at radius 1 is 0.875 bits per heavy atom. The molecule has 0 bridgehead atoms. The van der Waals surface area contributed by atoms with E-state index in [0.29, 0.717) is 5.41 Å². The van der Waals surface area contributed by atoms with Gasteiger partial charge < -0.3 is 0 Å². The maximum atomic E-state index is 4.41. The number of rotatable bonds is 1. The highest BCUT2D eigenvalue weighted by Crippen LogP contribution is 2.61. The Morgan fingerprint density at radius 3 is 2.33 bits per heavy atom. The first-order chi connectivity index (χ1) is 11.4. The maximum absolute atomic E-state index is 4.41. The highest BCUT2D eigenvalue weighted by molar-refractivity contribution is 5.11. The van der Waals surface area contributed by atoms with E-state index in [1.165, 1.54) is 76.2 Å². The van der Waals surface area contributed by atoms with Crippen molar-refractivity contribution in [3.05, 3.63) is 12.2 Å². The Morgan fingerprint density at radius 2 is 1.58 bits per heavy atom. The van der Waals surface area contributed by atoms with Crippen molar-refractivity contribution in [2.24, 2.45) is 40.9 Å². The van der Waals surface area contributed by atoms with Gasteiger partial charge in [0.2, 0.25) is 0 Å². The molecular formula is C24H42. The van der Waals surface area contributed by atoms with E-state index in [9.17, 15) is 0 Å². The first kappa shape index (κ1) is 18.5. The van der Waals surface area contributed by atoms with Crippen molar-refractivity contribution in [3.63, 3.8) is 0 Å². The van der Waals surface area contributed by atoms with Gasteiger partial charge in [-0.15, -0.1) is 0 Å². The lowest BCUT2D eigenvalue weighted by Crippen LogP contribution is -2.51. The van der Waals surface area contributed by atoms with Crippen LogP contribution < -0.4 is 0 Å². The topological polar surface area (TPSA) is 0 Å². The second-order valence-corrected chi connectivity index (χ2v) is 10.3. The van der Waals surface area contributed by atoms with Crippen LogP contribution >= 0.6 is 0 Å². The second kappa shape index (κ2) is 7.55. The molecule has 3 fully saturated rings. The lowest BCUT2D eigenvalue weighted by atomic mass is 9.46. The summed E-state index contributed by atoms with van der Waals surface area (Å²) >= 11 is 0. The van der Waals surface area contributed by atoms with Crippen molar-refractivity contribution in [2.75, 3.05) is 0 Å². The minimum Gasteiger partial charge on any atom is -0.0998 e. The van der Waals surface area contributed by atoms with Gasteiger partial charge in [0.05, 0.1) is 0 Å². The molecule has 0 aromatic heterocycles. The van der Waals surface area contributed by atoms with Gasteiger partial charge in [-0.3, -0.25) is 0 Å². The van der Waals surface area contributed by atoms with Crippen molar-refractivity contribution < 1.29 is 0 Å². The molecule has 0 heterocycles. The van der Waals surface area contributed by atoms with Gasteiger partial charge in [-0.25, -0.2) is 0 Å². The van der Waals surface area contributed by atoms with Gasteiger partial charge in [-0.05, 0) is 80.0 Å². The Hall–Kier alpha value is -0.260. The lowest BCUT2D eigenvalue weighted by molar-refractivity contribution is -0.0848. The Kier molecular flexibility index (Phi) is 5.83. The molecule has 0 saturated heterocycles. The molecular weight excluding hydrogens is 288 g/mol. The molecule has 138 valence electrons. The van der Waals surface area contributed by atoms with Gasteiger partial charge in [0.25, 0.3) is 0 Å². The Labute approximate surface area is 151 Å². The van der Waals surface area contributed by atoms with Gasteiger partial charge >= 0.3 is 0 Å². The third-order valence-corrected chi connectivity index (χ3v) is 8.55. The van der Waals surface area contributed by atoms with Crippen molar-refractivity contribution in [1.82, 2.24) is 0 Å². The fourth-order valence-electron chi connectivity index (χ4n) is 7.41. The molecule has 7 unspecified atom stereocenters. The fraction of sp³-hybridized carbons (Fsp3) is 0.917. The van der Waals surface area contributed by atoms with Gasteiger partial charge in [-0.2, -0.15) is 0 Å². The van der Waals surface area contributed by atoms with Crippen LogP contribution in [0, 0.1) is 40.9 Å². The van der Waals surface area contributed by atoms with Crippen LogP contribution in [0.25, 0.3) is 0 Å². The number of fused-ring (bicyclic) bond motifs is 3. The van der Waals surface area contributed by atoms with E-state index < -0.39 is 0 Å². The highest BCUT2D eigenvalue weighted by Gasteiger charge is 2.53. The average molecular weight is 331 g/mol. The van der Waals surface area contributed by atoms with E-state index in [-0.39, 0.29) is 0 Å². The molecule has 0 heteroatoms. The van der Waals surface area contributed by atoms with E-state index >= 15 is 0 Å². The molecule has 0 aliphatic heterocycles. The second-order valence-electron chi connectivity index (χ2n) is 10.3. The van der Waals surface area contributed by atoms with E-state index in [1.54, 1.807) is 0 Å². The van der Waals surface area contributed by atoms with E-state index in [4.69, 9.17) is 0 Å². The first-order valence-electron chi connectivity index (χ1n) is 11.1. The molecule has 0 amide bonds. The van der Waals surface area contributed by atoms with Gasteiger partial charge in [0.1, 0.15) is 0 Å². The van der Waals surface area contributed by atoms with Crippen LogP contribution in [0.15, 0.2) is 12.2 Å². The molecule has 3 aliphatic rings. The zero-order valence-corrected chi connectivity index (χ0v) is 16.9. The predicted molar refractivity (Wildman–Crippen MR) is 106 cm³/mol. The quantitative estimate of drug-likeness (QED) is 0.433. The fourth-order valence-corrected chi connectivity index (χ4v) is 7.41. The predicted octanol–water partition coefficient (Wildman–Crippen LogP) is 7.64. The van der Waals surface area contributed by atoms with Crippen molar-refractivity contribution in [3.8, 4) is 0 Å². The van der Waals surface area contributed by atoms with E-state index in [0.717, 1.165) is 35.5 Å². The van der Waals surface area contributed by atoms with Gasteiger partial charge in [0.15, 0.2) is 0 Å². The zero-order chi connectivity index (χ0) is 17.3. The molecule has 0 nitrogen and oxygen atoms in total. The lowest BCUT2D eigenvalue weighted by Gasteiger charge is -2.59. The summed E-state index contributed by atoms with van der Waals surface area (Å²) in [6, 6.07) is 0. The minimum atomic E-state index is 0.544. The molecule has 0 N–H and O–H groups in total. The molecule has 0 aromatic rings. The maximum Gasteiger partial charge on any atom is -0.0152 e. The van der Waals surface area contributed by atoms with E-state index in [2.05, 4.69) is 34.3 Å². The van der Waals surface area contributed by atoms with Gasteiger partial charge in [0, 0.05) is 0 Å². The minimum absolute atomic E-state index is 0.544. The summed E-state index contributed by atoms with van der Waals surface area (Å²) in [7, 11) is 0. The van der Waals surface area contributed by atoms with Gasteiger partial charge in [-0.1, -0.05) is 71.4 Å².